The van der Waals surface area contributed by atoms with Gasteiger partial charge in [-0.1, -0.05) is 41.8 Å². The number of halogens is 4. The van der Waals surface area contributed by atoms with Crippen LogP contribution in [0.25, 0.3) is 28.2 Å². The Kier molecular flexibility index (Phi) is 8.40. The first-order valence-corrected chi connectivity index (χ1v) is 14.8. The van der Waals surface area contributed by atoms with Gasteiger partial charge in [-0.15, -0.1) is 5.10 Å². The lowest BCUT2D eigenvalue weighted by molar-refractivity contribution is -0.119. The number of amides is 2. The summed E-state index contributed by atoms with van der Waals surface area (Å²) >= 11 is 12.3. The average molecular weight is 668 g/mol. The van der Waals surface area contributed by atoms with E-state index in [1.54, 1.807) is 31.2 Å². The number of hydrogen-bond acceptors (Lipinski definition) is 7. The van der Waals surface area contributed by atoms with Gasteiger partial charge in [0.2, 0.25) is 11.8 Å². The number of alkyl halides is 2. The van der Waals surface area contributed by atoms with Gasteiger partial charge in [0.05, 0.1) is 47.5 Å². The maximum atomic E-state index is 14.1. The second-order valence-corrected chi connectivity index (χ2v) is 11.7. The predicted octanol–water partition coefficient (Wildman–Crippen LogP) is 5.50. The molecule has 3 aromatic heterocycles. The summed E-state index contributed by atoms with van der Waals surface area (Å²) in [6.45, 7) is -1.32. The van der Waals surface area contributed by atoms with E-state index in [0.29, 0.717) is 51.5 Å². The van der Waals surface area contributed by atoms with E-state index in [4.69, 9.17) is 28.9 Å². The van der Waals surface area contributed by atoms with Crippen LogP contribution in [-0.2, 0) is 4.79 Å². The monoisotopic (exact) mass is 667 g/mol. The number of rotatable bonds is 5. The van der Waals surface area contributed by atoms with Gasteiger partial charge in [0.25, 0.3) is 5.56 Å². The second-order valence-electron chi connectivity index (χ2n) is 10.8. The molecule has 16 heteroatoms. The van der Waals surface area contributed by atoms with Crippen molar-refractivity contribution >= 4 is 40.7 Å². The first-order valence-electron chi connectivity index (χ1n) is 14.1. The lowest BCUT2D eigenvalue weighted by Gasteiger charge is -2.24. The number of hydrogen-bond donors (Lipinski definition) is 2. The fourth-order valence-electron chi connectivity index (χ4n) is 5.55. The van der Waals surface area contributed by atoms with E-state index in [1.165, 1.54) is 40.0 Å². The summed E-state index contributed by atoms with van der Waals surface area (Å²) in [5, 5.41) is 14.9. The van der Waals surface area contributed by atoms with Crippen molar-refractivity contribution < 1.29 is 18.4 Å². The SMILES string of the molecule is CC1CCCC(n2cnc(-c3cc(Cl)ccc3-n3cc(Cl)nn3)cc2=O)c2cc(C(N)=O)cc(c2)-c2c(cnn2C(F)F)NC1=O. The summed E-state index contributed by atoms with van der Waals surface area (Å²) in [6, 6.07) is 10.1. The van der Waals surface area contributed by atoms with E-state index in [2.05, 4.69) is 25.7 Å². The van der Waals surface area contributed by atoms with Gasteiger partial charge in [-0.2, -0.15) is 13.9 Å². The summed E-state index contributed by atoms with van der Waals surface area (Å²) < 4.78 is 31.5. The van der Waals surface area contributed by atoms with Crippen molar-refractivity contribution in [2.75, 3.05) is 5.32 Å². The van der Waals surface area contributed by atoms with Gasteiger partial charge < -0.3 is 11.1 Å². The molecule has 5 aromatic rings. The quantitative estimate of drug-likeness (QED) is 0.251. The number of primary amides is 1. The van der Waals surface area contributed by atoms with Crippen molar-refractivity contribution in [1.29, 1.82) is 0 Å². The molecule has 4 heterocycles. The molecular weight excluding hydrogens is 643 g/mol. The molecule has 0 aliphatic carbocycles. The molecule has 0 spiro atoms. The van der Waals surface area contributed by atoms with Gasteiger partial charge in [0.15, 0.2) is 5.15 Å². The van der Waals surface area contributed by atoms with Crippen molar-refractivity contribution in [2.24, 2.45) is 11.7 Å². The molecule has 2 amide bonds. The summed E-state index contributed by atoms with van der Waals surface area (Å²) in [5.41, 5.74) is 7.10. The van der Waals surface area contributed by atoms with Crippen LogP contribution < -0.4 is 16.6 Å². The molecule has 12 nitrogen and oxygen atoms in total. The van der Waals surface area contributed by atoms with Crippen LogP contribution in [0.2, 0.25) is 10.2 Å². The fraction of sp³-hybridized carbons (Fsp3) is 0.233. The van der Waals surface area contributed by atoms with Crippen LogP contribution in [0, 0.1) is 5.92 Å². The highest BCUT2D eigenvalue weighted by atomic mass is 35.5. The van der Waals surface area contributed by atoms with Crippen molar-refractivity contribution in [3.05, 3.63) is 92.8 Å². The first-order chi connectivity index (χ1) is 22.0. The summed E-state index contributed by atoms with van der Waals surface area (Å²) in [6.07, 6.45) is 5.27. The standard InChI is InChI=1S/C30H25Cl2F2N9O3/c1-15-3-2-4-23(16-7-17(9-18(8-16)28(35)45)27-22(38-29(15)46)12-37-43(27)30(33)34)41-14-36-21(11-26(41)44)20-10-19(31)5-6-24(20)42-13-25(32)39-40-42/h5-15,23,30H,2-4H2,1H3,(H2,35,45)(H,38,46). The van der Waals surface area contributed by atoms with E-state index in [9.17, 15) is 23.2 Å². The number of nitrogens with one attached hydrogen (secondary N) is 1. The molecule has 1 aliphatic rings. The highest BCUT2D eigenvalue weighted by molar-refractivity contribution is 6.31. The molecule has 0 saturated heterocycles. The number of nitrogens with two attached hydrogens (primary N) is 1. The first kappa shape index (κ1) is 31.0. The number of carbonyl (C=O) groups is 2. The molecule has 6 rings (SSSR count). The minimum absolute atomic E-state index is 0.0231. The number of anilines is 1. The normalized spacial score (nSPS) is 16.8. The Hall–Kier alpha value is -4.95. The van der Waals surface area contributed by atoms with Crippen LogP contribution in [0.3, 0.4) is 0 Å². The molecule has 2 aromatic carbocycles. The van der Waals surface area contributed by atoms with Gasteiger partial charge in [-0.05, 0) is 54.8 Å². The molecule has 0 fully saturated rings. The Morgan fingerprint density at radius 3 is 2.61 bits per heavy atom. The van der Waals surface area contributed by atoms with E-state index >= 15 is 0 Å². The van der Waals surface area contributed by atoms with Crippen LogP contribution in [0.15, 0.2) is 66.0 Å². The minimum atomic E-state index is -3.05. The largest absolute Gasteiger partial charge is 0.366 e. The molecule has 2 atom stereocenters. The Labute approximate surface area is 269 Å². The molecule has 236 valence electrons. The zero-order valence-corrected chi connectivity index (χ0v) is 25.6. The smallest absolute Gasteiger partial charge is 0.333 e. The Bertz CT molecular complexity index is 2040. The van der Waals surface area contributed by atoms with Gasteiger partial charge in [0.1, 0.15) is 0 Å². The van der Waals surface area contributed by atoms with Crippen molar-refractivity contribution in [1.82, 2.24) is 34.3 Å². The minimum Gasteiger partial charge on any atom is -0.366 e. The maximum Gasteiger partial charge on any atom is 0.333 e. The molecule has 2 bridgehead atoms. The second kappa shape index (κ2) is 12.4. The number of carbonyl (C=O) groups excluding carboxylic acids is 2. The van der Waals surface area contributed by atoms with E-state index < -0.39 is 30.0 Å². The van der Waals surface area contributed by atoms with Crippen LogP contribution >= 0.6 is 23.2 Å². The van der Waals surface area contributed by atoms with E-state index in [0.717, 1.165) is 6.20 Å². The van der Waals surface area contributed by atoms with Crippen LogP contribution in [0.4, 0.5) is 14.5 Å². The zero-order chi connectivity index (χ0) is 32.7. The predicted molar refractivity (Wildman–Crippen MR) is 166 cm³/mol. The highest BCUT2D eigenvalue weighted by Crippen LogP contribution is 2.37. The third kappa shape index (κ3) is 6.00. The summed E-state index contributed by atoms with van der Waals surface area (Å²) in [4.78, 5) is 43.8. The lowest BCUT2D eigenvalue weighted by Crippen LogP contribution is -2.27. The van der Waals surface area contributed by atoms with Crippen LogP contribution in [-0.4, -0.2) is 46.1 Å². The average Bonchev–Trinajstić information content (AvgIpc) is 3.65. The fourth-order valence-corrected chi connectivity index (χ4v) is 5.85. The summed E-state index contributed by atoms with van der Waals surface area (Å²) in [5.74, 6) is -1.67. The third-order valence-electron chi connectivity index (χ3n) is 7.82. The third-order valence-corrected chi connectivity index (χ3v) is 8.23. The van der Waals surface area contributed by atoms with Gasteiger partial charge in [0, 0.05) is 33.7 Å². The topological polar surface area (TPSA) is 156 Å². The number of benzene rings is 2. The van der Waals surface area contributed by atoms with E-state index in [-0.39, 0.29) is 33.6 Å². The Morgan fingerprint density at radius 1 is 1.11 bits per heavy atom. The summed E-state index contributed by atoms with van der Waals surface area (Å²) in [7, 11) is 0. The molecular formula is C30H25Cl2F2N9O3. The van der Waals surface area contributed by atoms with Gasteiger partial charge in [-0.3, -0.25) is 19.0 Å². The van der Waals surface area contributed by atoms with Crippen molar-refractivity contribution in [3.8, 4) is 28.2 Å². The number of nitrogens with zero attached hydrogens (tertiary/aromatic N) is 7. The Balaban J connectivity index is 1.51. The van der Waals surface area contributed by atoms with Crippen molar-refractivity contribution in [2.45, 2.75) is 38.8 Å². The molecule has 1 aliphatic heterocycles. The number of fused-ring (bicyclic) bond motifs is 4. The molecule has 0 radical (unpaired) electrons. The van der Waals surface area contributed by atoms with Crippen molar-refractivity contribution in [3.63, 3.8) is 0 Å². The Morgan fingerprint density at radius 2 is 1.91 bits per heavy atom. The molecule has 2 unspecified atom stereocenters. The van der Waals surface area contributed by atoms with Crippen LogP contribution in [0.5, 0.6) is 0 Å². The van der Waals surface area contributed by atoms with Crippen LogP contribution in [0.1, 0.15) is 54.7 Å². The molecule has 0 saturated carbocycles. The van der Waals surface area contributed by atoms with Gasteiger partial charge in [-0.25, -0.2) is 14.3 Å². The zero-order valence-electron chi connectivity index (χ0n) is 24.1. The van der Waals surface area contributed by atoms with Gasteiger partial charge >= 0.3 is 6.55 Å². The lowest BCUT2D eigenvalue weighted by atomic mass is 9.92. The van der Waals surface area contributed by atoms with E-state index in [1.807, 2.05) is 0 Å². The number of aromatic nitrogens is 7. The maximum absolute atomic E-state index is 14.1. The molecule has 3 N–H and O–H groups in total. The highest BCUT2D eigenvalue weighted by Gasteiger charge is 2.27. The molecule has 46 heavy (non-hydrogen) atoms.